The summed E-state index contributed by atoms with van der Waals surface area (Å²) in [4.78, 5) is 16.3. The van der Waals surface area contributed by atoms with Gasteiger partial charge in [-0.2, -0.15) is 5.21 Å². The van der Waals surface area contributed by atoms with Crippen LogP contribution < -0.4 is 10.6 Å². The van der Waals surface area contributed by atoms with Gasteiger partial charge < -0.3 is 10.6 Å². The first-order chi connectivity index (χ1) is 9.11. The SMILES string of the molecule is CNc1cc(C)ncc1C(=O)NC(C)c1nn[nH]n1. The molecular weight excluding hydrogens is 246 g/mol. The molecule has 3 N–H and O–H groups in total. The van der Waals surface area contributed by atoms with E-state index in [0.29, 0.717) is 11.4 Å². The molecule has 19 heavy (non-hydrogen) atoms. The summed E-state index contributed by atoms with van der Waals surface area (Å²) < 4.78 is 0. The minimum Gasteiger partial charge on any atom is -0.387 e. The molecule has 1 unspecified atom stereocenters. The fourth-order valence-corrected chi connectivity index (χ4v) is 1.64. The van der Waals surface area contributed by atoms with Gasteiger partial charge in [-0.25, -0.2) is 0 Å². The van der Waals surface area contributed by atoms with Gasteiger partial charge in [0.05, 0.1) is 17.3 Å². The standard InChI is InChI=1S/C11H15N7O/c1-6-4-9(12-3)8(5-13-6)11(19)14-7(2)10-15-17-18-16-10/h4-5,7H,1-3H3,(H,12,13)(H,14,19)(H,15,16,17,18). The van der Waals surface area contributed by atoms with Gasteiger partial charge >= 0.3 is 0 Å². The average Bonchev–Trinajstić information content (AvgIpc) is 2.92. The second-order valence-corrected chi connectivity index (χ2v) is 4.09. The average molecular weight is 261 g/mol. The van der Waals surface area contributed by atoms with E-state index in [1.165, 1.54) is 0 Å². The van der Waals surface area contributed by atoms with Gasteiger partial charge in [-0.05, 0) is 19.9 Å². The zero-order valence-electron chi connectivity index (χ0n) is 10.9. The van der Waals surface area contributed by atoms with E-state index in [9.17, 15) is 4.79 Å². The Kier molecular flexibility index (Phi) is 3.69. The van der Waals surface area contributed by atoms with E-state index in [0.717, 1.165) is 11.4 Å². The van der Waals surface area contributed by atoms with Crippen molar-refractivity contribution in [2.45, 2.75) is 19.9 Å². The second-order valence-electron chi connectivity index (χ2n) is 4.09. The van der Waals surface area contributed by atoms with Gasteiger partial charge in [0, 0.05) is 18.9 Å². The number of hydrogen-bond acceptors (Lipinski definition) is 6. The highest BCUT2D eigenvalue weighted by Gasteiger charge is 2.17. The molecule has 0 radical (unpaired) electrons. The smallest absolute Gasteiger partial charge is 0.255 e. The highest BCUT2D eigenvalue weighted by atomic mass is 16.1. The number of amides is 1. The Balaban J connectivity index is 2.16. The van der Waals surface area contributed by atoms with Crippen molar-refractivity contribution in [3.63, 3.8) is 0 Å². The monoisotopic (exact) mass is 261 g/mol. The summed E-state index contributed by atoms with van der Waals surface area (Å²) >= 11 is 0. The Hall–Kier alpha value is -2.51. The predicted molar refractivity (Wildman–Crippen MR) is 68.6 cm³/mol. The maximum atomic E-state index is 12.2. The zero-order valence-corrected chi connectivity index (χ0v) is 10.9. The van der Waals surface area contributed by atoms with Crippen molar-refractivity contribution in [2.75, 3.05) is 12.4 Å². The van der Waals surface area contributed by atoms with E-state index in [2.05, 4.69) is 36.2 Å². The number of aromatic amines is 1. The van der Waals surface area contributed by atoms with Crippen molar-refractivity contribution >= 4 is 11.6 Å². The Morgan fingerprint density at radius 2 is 2.26 bits per heavy atom. The number of rotatable bonds is 4. The lowest BCUT2D eigenvalue weighted by Crippen LogP contribution is -2.28. The van der Waals surface area contributed by atoms with Gasteiger partial charge in [-0.15, -0.1) is 10.2 Å². The molecule has 0 aliphatic rings. The van der Waals surface area contributed by atoms with Crippen LogP contribution in [0.1, 0.15) is 34.8 Å². The molecule has 8 nitrogen and oxygen atoms in total. The summed E-state index contributed by atoms with van der Waals surface area (Å²) in [5.41, 5.74) is 2.04. The zero-order chi connectivity index (χ0) is 13.8. The lowest BCUT2D eigenvalue weighted by atomic mass is 10.2. The van der Waals surface area contributed by atoms with Crippen LogP contribution in [-0.4, -0.2) is 38.6 Å². The number of hydrogen-bond donors (Lipinski definition) is 3. The van der Waals surface area contributed by atoms with Crippen molar-refractivity contribution < 1.29 is 4.79 Å². The van der Waals surface area contributed by atoms with Gasteiger partial charge in [0.25, 0.3) is 5.91 Å². The number of carbonyl (C=O) groups excluding carboxylic acids is 1. The summed E-state index contributed by atoms with van der Waals surface area (Å²) in [6.45, 7) is 3.65. The normalized spacial score (nSPS) is 11.9. The molecule has 8 heteroatoms. The van der Waals surface area contributed by atoms with Gasteiger partial charge in [-0.3, -0.25) is 9.78 Å². The van der Waals surface area contributed by atoms with E-state index in [1.807, 2.05) is 13.0 Å². The number of anilines is 1. The van der Waals surface area contributed by atoms with Crippen LogP contribution in [0.4, 0.5) is 5.69 Å². The molecule has 0 fully saturated rings. The van der Waals surface area contributed by atoms with E-state index < -0.39 is 0 Å². The number of nitrogens with zero attached hydrogens (tertiary/aromatic N) is 4. The summed E-state index contributed by atoms with van der Waals surface area (Å²) in [6.07, 6.45) is 1.54. The molecule has 0 aliphatic carbocycles. The molecule has 0 saturated heterocycles. The van der Waals surface area contributed by atoms with Gasteiger partial charge in [-0.1, -0.05) is 5.21 Å². The van der Waals surface area contributed by atoms with Crippen molar-refractivity contribution in [2.24, 2.45) is 0 Å². The molecule has 0 saturated carbocycles. The molecule has 100 valence electrons. The first kappa shape index (κ1) is 12.9. The fourth-order valence-electron chi connectivity index (χ4n) is 1.64. The molecule has 0 aromatic carbocycles. The van der Waals surface area contributed by atoms with Crippen LogP contribution >= 0.6 is 0 Å². The Bertz CT molecular complexity index is 566. The van der Waals surface area contributed by atoms with Crippen molar-refractivity contribution in [3.8, 4) is 0 Å². The number of nitrogens with one attached hydrogen (secondary N) is 3. The van der Waals surface area contributed by atoms with Crippen LogP contribution in [0.15, 0.2) is 12.3 Å². The van der Waals surface area contributed by atoms with E-state index in [-0.39, 0.29) is 11.9 Å². The molecule has 2 rings (SSSR count). The largest absolute Gasteiger partial charge is 0.387 e. The van der Waals surface area contributed by atoms with E-state index >= 15 is 0 Å². The molecule has 1 amide bonds. The highest BCUT2D eigenvalue weighted by molar-refractivity contribution is 5.99. The summed E-state index contributed by atoms with van der Waals surface area (Å²) in [7, 11) is 1.76. The van der Waals surface area contributed by atoms with Crippen molar-refractivity contribution in [1.82, 2.24) is 30.9 Å². The Labute approximate surface area is 110 Å². The highest BCUT2D eigenvalue weighted by Crippen LogP contribution is 2.16. The van der Waals surface area contributed by atoms with Crippen LogP contribution in [0.25, 0.3) is 0 Å². The molecule has 0 aliphatic heterocycles. The topological polar surface area (TPSA) is 108 Å². The maximum Gasteiger partial charge on any atom is 0.255 e. The van der Waals surface area contributed by atoms with Crippen LogP contribution in [0.2, 0.25) is 0 Å². The number of H-pyrrole nitrogens is 1. The Morgan fingerprint density at radius 1 is 1.47 bits per heavy atom. The first-order valence-corrected chi connectivity index (χ1v) is 5.80. The first-order valence-electron chi connectivity index (χ1n) is 5.80. The number of pyridine rings is 1. The summed E-state index contributed by atoms with van der Waals surface area (Å²) in [6, 6.07) is 1.48. The minimum absolute atomic E-state index is 0.242. The predicted octanol–water partition coefficient (Wildman–Crippen LogP) is 0.436. The number of carbonyl (C=O) groups is 1. The minimum atomic E-state index is -0.336. The van der Waals surface area contributed by atoms with E-state index in [4.69, 9.17) is 0 Å². The van der Waals surface area contributed by atoms with Crippen LogP contribution in [0, 0.1) is 6.92 Å². The molecule has 2 aromatic rings. The number of aryl methyl sites for hydroxylation is 1. The summed E-state index contributed by atoms with van der Waals surface area (Å²) in [5, 5.41) is 19.2. The van der Waals surface area contributed by atoms with E-state index in [1.54, 1.807) is 20.2 Å². The molecule has 1 atom stereocenters. The van der Waals surface area contributed by atoms with Crippen molar-refractivity contribution in [3.05, 3.63) is 29.3 Å². The molecule has 0 bridgehead atoms. The lowest BCUT2D eigenvalue weighted by molar-refractivity contribution is 0.0938. The number of tetrazole rings is 1. The third kappa shape index (κ3) is 2.84. The van der Waals surface area contributed by atoms with Crippen LogP contribution in [0.3, 0.4) is 0 Å². The molecule has 2 aromatic heterocycles. The lowest BCUT2D eigenvalue weighted by Gasteiger charge is -2.13. The molecule has 0 spiro atoms. The van der Waals surface area contributed by atoms with Crippen LogP contribution in [0.5, 0.6) is 0 Å². The number of aromatic nitrogens is 5. The maximum absolute atomic E-state index is 12.2. The van der Waals surface area contributed by atoms with Gasteiger partial charge in [0.2, 0.25) is 0 Å². The fraction of sp³-hybridized carbons (Fsp3) is 0.364. The summed E-state index contributed by atoms with van der Waals surface area (Å²) in [5.74, 6) is 0.188. The quantitative estimate of drug-likeness (QED) is 0.736. The van der Waals surface area contributed by atoms with Gasteiger partial charge in [0.15, 0.2) is 5.82 Å². The third-order valence-electron chi connectivity index (χ3n) is 2.65. The van der Waals surface area contributed by atoms with Gasteiger partial charge in [0.1, 0.15) is 0 Å². The third-order valence-corrected chi connectivity index (χ3v) is 2.65. The molecular formula is C11H15N7O. The van der Waals surface area contributed by atoms with Crippen LogP contribution in [-0.2, 0) is 0 Å². The molecule has 2 heterocycles. The van der Waals surface area contributed by atoms with Crippen molar-refractivity contribution in [1.29, 1.82) is 0 Å². The Morgan fingerprint density at radius 3 is 2.89 bits per heavy atom. The second kappa shape index (κ2) is 5.42.